The molecule has 7 heteroatoms. The summed E-state index contributed by atoms with van der Waals surface area (Å²) in [7, 11) is 0. The third-order valence-corrected chi connectivity index (χ3v) is 4.56. The van der Waals surface area contributed by atoms with Gasteiger partial charge in [-0.3, -0.25) is 4.79 Å². The Bertz CT molecular complexity index is 982. The fraction of sp³-hybridized carbons (Fsp3) is 0.278. The van der Waals surface area contributed by atoms with Crippen molar-refractivity contribution in [3.8, 4) is 0 Å². The molecule has 0 unspecified atom stereocenters. The van der Waals surface area contributed by atoms with Crippen molar-refractivity contribution in [2.24, 2.45) is 0 Å². The highest BCUT2D eigenvalue weighted by molar-refractivity contribution is 5.78. The number of nitrogens with zero attached hydrogens (tertiary/aromatic N) is 2. The van der Waals surface area contributed by atoms with Gasteiger partial charge in [-0.1, -0.05) is 0 Å². The lowest BCUT2D eigenvalue weighted by Crippen LogP contribution is -2.27. The van der Waals surface area contributed by atoms with E-state index in [1.165, 1.54) is 18.5 Å². The number of H-pyrrole nitrogens is 1. The van der Waals surface area contributed by atoms with Gasteiger partial charge in [0.1, 0.15) is 18.0 Å². The molecule has 0 spiro atoms. The molecule has 0 atom stereocenters. The monoisotopic (exact) mass is 340 g/mol. The number of hydrogen-bond acceptors (Lipinski definition) is 5. The molecule has 1 aromatic carbocycles. The molecule has 0 bridgehead atoms. The van der Waals surface area contributed by atoms with Crippen molar-refractivity contribution in [3.63, 3.8) is 0 Å². The molecule has 0 aliphatic heterocycles. The average molecular weight is 340 g/mol. The summed E-state index contributed by atoms with van der Waals surface area (Å²) in [6.45, 7) is 0.298. The first-order valence-corrected chi connectivity index (χ1v) is 8.14. The van der Waals surface area contributed by atoms with E-state index in [-0.39, 0.29) is 23.4 Å². The highest BCUT2D eigenvalue weighted by Crippen LogP contribution is 2.35. The normalized spacial score (nSPS) is 19.6. The SMILES string of the molecule is O=c1[nH]c2cc(F)ccc2cc1CNc1cc(C2CC(O)C2)ncn1. The Labute approximate surface area is 142 Å². The minimum absolute atomic E-state index is 0.239. The number of aliphatic hydroxyl groups excluding tert-OH is 1. The maximum atomic E-state index is 13.2. The van der Waals surface area contributed by atoms with Gasteiger partial charge in [0.15, 0.2) is 0 Å². The van der Waals surface area contributed by atoms with Crippen LogP contribution in [0.4, 0.5) is 10.2 Å². The van der Waals surface area contributed by atoms with Gasteiger partial charge >= 0.3 is 0 Å². The lowest BCUT2D eigenvalue weighted by molar-refractivity contribution is 0.0732. The topological polar surface area (TPSA) is 90.9 Å². The Balaban J connectivity index is 1.52. The largest absolute Gasteiger partial charge is 0.393 e. The van der Waals surface area contributed by atoms with Gasteiger partial charge < -0.3 is 15.4 Å². The number of hydrogen-bond donors (Lipinski definition) is 3. The molecule has 25 heavy (non-hydrogen) atoms. The van der Waals surface area contributed by atoms with Crippen LogP contribution in [0.5, 0.6) is 0 Å². The highest BCUT2D eigenvalue weighted by atomic mass is 19.1. The molecule has 1 aliphatic rings. The van der Waals surface area contributed by atoms with Gasteiger partial charge in [0.05, 0.1) is 11.6 Å². The number of pyridine rings is 1. The van der Waals surface area contributed by atoms with E-state index >= 15 is 0 Å². The minimum Gasteiger partial charge on any atom is -0.393 e. The van der Waals surface area contributed by atoms with E-state index in [0.717, 1.165) is 23.9 Å². The second-order valence-corrected chi connectivity index (χ2v) is 6.36. The molecule has 4 rings (SSSR count). The Hall–Kier alpha value is -2.80. The minimum atomic E-state index is -0.386. The third-order valence-electron chi connectivity index (χ3n) is 4.56. The predicted octanol–water partition coefficient (Wildman–Crippen LogP) is 2.31. The molecule has 3 N–H and O–H groups in total. The van der Waals surface area contributed by atoms with Crippen LogP contribution in [0.2, 0.25) is 0 Å². The van der Waals surface area contributed by atoms with E-state index in [1.54, 1.807) is 12.1 Å². The third kappa shape index (κ3) is 3.23. The second kappa shape index (κ2) is 6.25. The smallest absolute Gasteiger partial charge is 0.253 e. The zero-order chi connectivity index (χ0) is 17.4. The van der Waals surface area contributed by atoms with Crippen molar-refractivity contribution in [3.05, 3.63) is 64.1 Å². The summed E-state index contributed by atoms with van der Waals surface area (Å²) in [5, 5.41) is 13.3. The Morgan fingerprint density at radius 2 is 2.08 bits per heavy atom. The van der Waals surface area contributed by atoms with Gasteiger partial charge in [0.2, 0.25) is 0 Å². The van der Waals surface area contributed by atoms with Crippen LogP contribution in [-0.4, -0.2) is 26.2 Å². The van der Waals surface area contributed by atoms with Crippen LogP contribution in [0, 0.1) is 5.82 Å². The summed E-state index contributed by atoms with van der Waals surface area (Å²) in [5.41, 5.74) is 1.65. The molecule has 0 saturated heterocycles. The lowest BCUT2D eigenvalue weighted by Gasteiger charge is -2.30. The van der Waals surface area contributed by atoms with E-state index in [9.17, 15) is 14.3 Å². The van der Waals surface area contributed by atoms with E-state index in [2.05, 4.69) is 20.3 Å². The highest BCUT2D eigenvalue weighted by Gasteiger charge is 2.29. The van der Waals surface area contributed by atoms with Gasteiger partial charge in [-0.05, 0) is 42.5 Å². The summed E-state index contributed by atoms with van der Waals surface area (Å²) in [4.78, 5) is 23.3. The maximum absolute atomic E-state index is 13.2. The zero-order valence-corrected chi connectivity index (χ0v) is 13.4. The number of nitrogens with one attached hydrogen (secondary N) is 2. The van der Waals surface area contributed by atoms with Crippen molar-refractivity contribution >= 4 is 16.7 Å². The van der Waals surface area contributed by atoms with Gasteiger partial charge in [-0.15, -0.1) is 0 Å². The van der Waals surface area contributed by atoms with Crippen molar-refractivity contribution in [2.45, 2.75) is 31.4 Å². The molecule has 0 radical (unpaired) electrons. The number of aliphatic hydroxyl groups is 1. The molecule has 3 aromatic rings. The molecule has 2 aromatic heterocycles. The standard InChI is InChI=1S/C18H17FN4O2/c19-13-2-1-10-3-12(18(25)23-16(10)6-13)8-20-17-7-15(21-9-22-17)11-4-14(24)5-11/h1-3,6-7,9,11,14,24H,4-5,8H2,(H,23,25)(H,20,21,22). The molecule has 6 nitrogen and oxygen atoms in total. The van der Waals surface area contributed by atoms with Gasteiger partial charge in [0.25, 0.3) is 5.56 Å². The first kappa shape index (κ1) is 15.7. The lowest BCUT2D eigenvalue weighted by atomic mass is 9.80. The van der Waals surface area contributed by atoms with Gasteiger partial charge in [-0.25, -0.2) is 14.4 Å². The van der Waals surface area contributed by atoms with E-state index in [4.69, 9.17) is 0 Å². The summed E-state index contributed by atoms with van der Waals surface area (Å²) in [5.74, 6) is 0.506. The van der Waals surface area contributed by atoms with Crippen LogP contribution in [0.3, 0.4) is 0 Å². The quantitative estimate of drug-likeness (QED) is 0.678. The van der Waals surface area contributed by atoms with Crippen LogP contribution in [0.1, 0.15) is 30.0 Å². The molecular formula is C18H17FN4O2. The summed E-state index contributed by atoms with van der Waals surface area (Å²) < 4.78 is 13.2. The number of aromatic nitrogens is 3. The Morgan fingerprint density at radius 3 is 2.88 bits per heavy atom. The van der Waals surface area contributed by atoms with Crippen molar-refractivity contribution < 1.29 is 9.50 Å². The van der Waals surface area contributed by atoms with E-state index < -0.39 is 0 Å². The fourth-order valence-electron chi connectivity index (χ4n) is 3.06. The maximum Gasteiger partial charge on any atom is 0.253 e. The van der Waals surface area contributed by atoms with Crippen LogP contribution >= 0.6 is 0 Å². The number of benzene rings is 1. The second-order valence-electron chi connectivity index (χ2n) is 6.36. The zero-order valence-electron chi connectivity index (χ0n) is 13.4. The first-order chi connectivity index (χ1) is 12.1. The number of rotatable bonds is 4. The van der Waals surface area contributed by atoms with Crippen molar-refractivity contribution in [1.82, 2.24) is 15.0 Å². The number of halogens is 1. The molecule has 1 saturated carbocycles. The van der Waals surface area contributed by atoms with Crippen molar-refractivity contribution in [2.75, 3.05) is 5.32 Å². The van der Waals surface area contributed by atoms with Gasteiger partial charge in [0, 0.05) is 29.8 Å². The van der Waals surface area contributed by atoms with Crippen LogP contribution in [0.25, 0.3) is 10.9 Å². The van der Waals surface area contributed by atoms with Crippen LogP contribution < -0.4 is 10.9 Å². The Kier molecular flexibility index (Phi) is 3.93. The van der Waals surface area contributed by atoms with E-state index in [1.807, 2.05) is 6.07 Å². The first-order valence-electron chi connectivity index (χ1n) is 8.14. The molecule has 2 heterocycles. The summed E-state index contributed by atoms with van der Waals surface area (Å²) in [6, 6.07) is 7.89. The van der Waals surface area contributed by atoms with Crippen LogP contribution in [-0.2, 0) is 6.54 Å². The molecule has 128 valence electrons. The molecule has 0 amide bonds. The number of fused-ring (bicyclic) bond motifs is 1. The summed E-state index contributed by atoms with van der Waals surface area (Å²) >= 11 is 0. The molecular weight excluding hydrogens is 323 g/mol. The predicted molar refractivity (Wildman–Crippen MR) is 91.9 cm³/mol. The van der Waals surface area contributed by atoms with Crippen molar-refractivity contribution in [1.29, 1.82) is 0 Å². The fourth-order valence-corrected chi connectivity index (χ4v) is 3.06. The van der Waals surface area contributed by atoms with E-state index in [0.29, 0.717) is 23.4 Å². The van der Waals surface area contributed by atoms with Gasteiger partial charge in [-0.2, -0.15) is 0 Å². The number of aromatic amines is 1. The summed E-state index contributed by atoms with van der Waals surface area (Å²) in [6.07, 6.45) is 2.68. The molecule has 1 fully saturated rings. The number of anilines is 1. The molecule has 1 aliphatic carbocycles. The Morgan fingerprint density at radius 1 is 1.24 bits per heavy atom. The van der Waals surface area contributed by atoms with Crippen LogP contribution in [0.15, 0.2) is 41.5 Å². The average Bonchev–Trinajstić information content (AvgIpc) is 2.57.